The van der Waals surface area contributed by atoms with Crippen LogP contribution in [0.4, 0.5) is 11.4 Å². The third-order valence-corrected chi connectivity index (χ3v) is 4.84. The predicted octanol–water partition coefficient (Wildman–Crippen LogP) is 4.55. The summed E-state index contributed by atoms with van der Waals surface area (Å²) in [7, 11) is 0. The topological polar surface area (TPSA) is 45.7 Å². The highest BCUT2D eigenvalue weighted by atomic mass is 16.5. The first-order chi connectivity index (χ1) is 12.3. The maximum absolute atomic E-state index is 5.58. The molecule has 1 aromatic carbocycles. The molecule has 4 nitrogen and oxygen atoms in total. The van der Waals surface area contributed by atoms with Crippen molar-refractivity contribution in [1.29, 1.82) is 0 Å². The molecule has 1 saturated heterocycles. The summed E-state index contributed by atoms with van der Waals surface area (Å²) in [6.07, 6.45) is 9.53. The summed E-state index contributed by atoms with van der Waals surface area (Å²) < 4.78 is 5.58. The van der Waals surface area contributed by atoms with Crippen LogP contribution in [0, 0.1) is 0 Å². The van der Waals surface area contributed by atoms with E-state index < -0.39 is 0 Å². The Bertz CT molecular complexity index is 684. The van der Waals surface area contributed by atoms with Crippen LogP contribution >= 0.6 is 0 Å². The zero-order valence-electron chi connectivity index (χ0n) is 14.8. The van der Waals surface area contributed by atoms with Crippen LogP contribution in [0.1, 0.15) is 25.7 Å². The van der Waals surface area contributed by atoms with Crippen molar-refractivity contribution in [2.75, 3.05) is 30.4 Å². The van der Waals surface area contributed by atoms with Crippen LogP contribution in [0.5, 0.6) is 0 Å². The molecule has 3 rings (SSSR count). The van der Waals surface area contributed by atoms with Gasteiger partial charge in [-0.2, -0.15) is 0 Å². The second kappa shape index (κ2) is 8.17. The fraction of sp³-hybridized carbons (Fsp3) is 0.381. The quantitative estimate of drug-likeness (QED) is 0.591. The largest absolute Gasteiger partial charge is 0.381 e. The van der Waals surface area contributed by atoms with Crippen molar-refractivity contribution < 1.29 is 4.74 Å². The lowest BCUT2D eigenvalue weighted by molar-refractivity contribution is 0.0778. The number of amidine groups is 1. The molecular weight excluding hydrogens is 310 g/mol. The van der Waals surface area contributed by atoms with E-state index >= 15 is 0 Å². The molecule has 25 heavy (non-hydrogen) atoms. The van der Waals surface area contributed by atoms with Crippen LogP contribution in [-0.4, -0.2) is 31.1 Å². The number of rotatable bonds is 6. The number of allylic oxidation sites excluding steroid dienone is 4. The van der Waals surface area contributed by atoms with Crippen LogP contribution in [0.25, 0.3) is 0 Å². The van der Waals surface area contributed by atoms with Gasteiger partial charge in [-0.05, 0) is 30.5 Å². The van der Waals surface area contributed by atoms with Crippen molar-refractivity contribution in [3.63, 3.8) is 0 Å². The zero-order chi connectivity index (χ0) is 17.5. The van der Waals surface area contributed by atoms with E-state index in [1.165, 1.54) is 5.57 Å². The SMILES string of the molecule is C=C/C=C(\C=C)CCCN=C1Nc2ccccc2NC12CCOCC2. The first kappa shape index (κ1) is 17.5. The number of nitrogens with zero attached hydrogens (tertiary/aromatic N) is 1. The molecule has 2 aliphatic heterocycles. The van der Waals surface area contributed by atoms with E-state index in [1.807, 2.05) is 24.3 Å². The Balaban J connectivity index is 1.74. The van der Waals surface area contributed by atoms with Crippen molar-refractivity contribution in [1.82, 2.24) is 0 Å². The van der Waals surface area contributed by atoms with Gasteiger partial charge in [-0.1, -0.05) is 43.5 Å². The molecule has 2 heterocycles. The Kier molecular flexibility index (Phi) is 5.71. The van der Waals surface area contributed by atoms with Crippen molar-refractivity contribution in [3.8, 4) is 0 Å². The summed E-state index contributed by atoms with van der Waals surface area (Å²) >= 11 is 0. The second-order valence-electron chi connectivity index (χ2n) is 6.51. The van der Waals surface area contributed by atoms with Crippen molar-refractivity contribution >= 4 is 17.2 Å². The van der Waals surface area contributed by atoms with Crippen LogP contribution in [-0.2, 0) is 4.74 Å². The van der Waals surface area contributed by atoms with E-state index in [9.17, 15) is 0 Å². The minimum Gasteiger partial charge on any atom is -0.381 e. The molecular formula is C21H27N3O. The average molecular weight is 337 g/mol. The number of benzene rings is 1. The Morgan fingerprint density at radius 2 is 1.96 bits per heavy atom. The van der Waals surface area contributed by atoms with Gasteiger partial charge in [0.1, 0.15) is 5.84 Å². The lowest BCUT2D eigenvalue weighted by atomic mass is 9.86. The van der Waals surface area contributed by atoms with Crippen LogP contribution in [0.15, 0.2) is 66.2 Å². The molecule has 132 valence electrons. The fourth-order valence-electron chi connectivity index (χ4n) is 3.42. The minimum atomic E-state index is -0.134. The molecule has 1 spiro atoms. The van der Waals surface area contributed by atoms with Gasteiger partial charge >= 0.3 is 0 Å². The smallest absolute Gasteiger partial charge is 0.127 e. The van der Waals surface area contributed by atoms with E-state index in [2.05, 4.69) is 42.0 Å². The molecule has 0 unspecified atom stereocenters. The normalized spacial score (nSPS) is 20.5. The van der Waals surface area contributed by atoms with Crippen molar-refractivity contribution in [3.05, 3.63) is 61.2 Å². The predicted molar refractivity (Wildman–Crippen MR) is 106 cm³/mol. The molecule has 1 fully saturated rings. The zero-order valence-corrected chi connectivity index (χ0v) is 14.8. The second-order valence-corrected chi connectivity index (χ2v) is 6.51. The number of aliphatic imine (C=N–C) groups is 1. The van der Waals surface area contributed by atoms with Crippen LogP contribution in [0.2, 0.25) is 0 Å². The number of hydrogen-bond acceptors (Lipinski definition) is 3. The van der Waals surface area contributed by atoms with Gasteiger partial charge in [0.2, 0.25) is 0 Å². The summed E-state index contributed by atoms with van der Waals surface area (Å²) in [6.45, 7) is 9.91. The van der Waals surface area contributed by atoms with Crippen LogP contribution in [0.3, 0.4) is 0 Å². The molecule has 0 aliphatic carbocycles. The number of fused-ring (bicyclic) bond motifs is 1. The minimum absolute atomic E-state index is 0.134. The molecule has 2 N–H and O–H groups in total. The molecule has 1 aromatic rings. The highest BCUT2D eigenvalue weighted by Gasteiger charge is 2.41. The van der Waals surface area contributed by atoms with Gasteiger partial charge < -0.3 is 15.4 Å². The summed E-state index contributed by atoms with van der Waals surface area (Å²) in [6, 6.07) is 8.31. The average Bonchev–Trinajstić information content (AvgIpc) is 2.65. The highest BCUT2D eigenvalue weighted by Crippen LogP contribution is 2.36. The third-order valence-electron chi connectivity index (χ3n) is 4.84. The van der Waals surface area contributed by atoms with Crippen molar-refractivity contribution in [2.45, 2.75) is 31.2 Å². The maximum atomic E-state index is 5.58. The van der Waals surface area contributed by atoms with Gasteiger partial charge in [0.25, 0.3) is 0 Å². The summed E-state index contributed by atoms with van der Waals surface area (Å²) in [4.78, 5) is 4.93. The molecule has 0 saturated carbocycles. The number of hydrogen-bond donors (Lipinski definition) is 2. The van der Waals surface area contributed by atoms with Gasteiger partial charge in [-0.25, -0.2) is 0 Å². The molecule has 0 aromatic heterocycles. The summed E-state index contributed by atoms with van der Waals surface area (Å²) in [5.41, 5.74) is 3.31. The summed E-state index contributed by atoms with van der Waals surface area (Å²) in [5, 5.41) is 7.30. The first-order valence-electron chi connectivity index (χ1n) is 8.98. The van der Waals surface area contributed by atoms with Gasteiger partial charge in [0, 0.05) is 32.6 Å². The summed E-state index contributed by atoms with van der Waals surface area (Å²) in [5.74, 6) is 1.04. The highest BCUT2D eigenvalue weighted by molar-refractivity contribution is 6.09. The standard InChI is InChI=1S/C21H27N3O/c1-3-8-17(4-2)9-7-14-22-20-21(12-15-25-16-13-21)24-19-11-6-5-10-18(19)23-20/h3-6,8,10-11,24H,1-2,7,9,12-16H2,(H,22,23)/b17-8+. The maximum Gasteiger partial charge on any atom is 0.127 e. The van der Waals surface area contributed by atoms with Crippen molar-refractivity contribution in [2.24, 2.45) is 4.99 Å². The molecule has 0 atom stereocenters. The van der Waals surface area contributed by atoms with Crippen LogP contribution < -0.4 is 10.6 Å². The van der Waals surface area contributed by atoms with Gasteiger partial charge in [0.05, 0.1) is 16.9 Å². The fourth-order valence-corrected chi connectivity index (χ4v) is 3.42. The molecule has 2 aliphatic rings. The van der Waals surface area contributed by atoms with E-state index in [-0.39, 0.29) is 5.54 Å². The molecule has 4 heteroatoms. The van der Waals surface area contributed by atoms with E-state index in [0.717, 1.165) is 62.7 Å². The lowest BCUT2D eigenvalue weighted by Gasteiger charge is -2.43. The third kappa shape index (κ3) is 4.02. The Hall–Kier alpha value is -2.33. The Labute approximate surface area is 150 Å². The van der Waals surface area contributed by atoms with E-state index in [4.69, 9.17) is 9.73 Å². The number of nitrogens with one attached hydrogen (secondary N) is 2. The number of ether oxygens (including phenoxy) is 1. The number of anilines is 2. The molecule has 0 radical (unpaired) electrons. The van der Waals surface area contributed by atoms with E-state index in [0.29, 0.717) is 0 Å². The van der Waals surface area contributed by atoms with Gasteiger partial charge in [-0.3, -0.25) is 4.99 Å². The lowest BCUT2D eigenvalue weighted by Crippen LogP contribution is -2.55. The monoisotopic (exact) mass is 337 g/mol. The Morgan fingerprint density at radius 3 is 2.68 bits per heavy atom. The van der Waals surface area contributed by atoms with E-state index in [1.54, 1.807) is 0 Å². The molecule has 0 amide bonds. The Morgan fingerprint density at radius 1 is 1.20 bits per heavy atom. The van der Waals surface area contributed by atoms with Gasteiger partial charge in [-0.15, -0.1) is 0 Å². The van der Waals surface area contributed by atoms with Gasteiger partial charge in [0.15, 0.2) is 0 Å². The first-order valence-corrected chi connectivity index (χ1v) is 8.98. The number of para-hydroxylation sites is 2. The molecule has 0 bridgehead atoms.